The molecule has 94 valence electrons. The van der Waals surface area contributed by atoms with E-state index in [0.717, 1.165) is 11.4 Å². The van der Waals surface area contributed by atoms with E-state index in [2.05, 4.69) is 5.43 Å². The number of nitrogen functional groups attached to an aromatic ring is 1. The van der Waals surface area contributed by atoms with Gasteiger partial charge >= 0.3 is 0 Å². The standard InChI is InChI=1S/C10H16N4O2S/c1-2-14(6-9(11)15)5-7-3-4-8(17-7)10(16)13-12/h3-4H,2,5-6,12H2,1H3,(H2,11,15)(H,13,16). The van der Waals surface area contributed by atoms with Crippen molar-refractivity contribution in [2.45, 2.75) is 13.5 Å². The van der Waals surface area contributed by atoms with Crippen molar-refractivity contribution in [3.8, 4) is 0 Å². The highest BCUT2D eigenvalue weighted by molar-refractivity contribution is 7.14. The summed E-state index contributed by atoms with van der Waals surface area (Å²) in [5.41, 5.74) is 7.22. The van der Waals surface area contributed by atoms with Crippen LogP contribution in [0.5, 0.6) is 0 Å². The number of hydrazine groups is 1. The number of nitrogens with two attached hydrogens (primary N) is 2. The van der Waals surface area contributed by atoms with Crippen LogP contribution in [0.25, 0.3) is 0 Å². The lowest BCUT2D eigenvalue weighted by molar-refractivity contribution is -0.119. The molecule has 17 heavy (non-hydrogen) atoms. The summed E-state index contributed by atoms with van der Waals surface area (Å²) in [7, 11) is 0. The fraction of sp³-hybridized carbons (Fsp3) is 0.400. The summed E-state index contributed by atoms with van der Waals surface area (Å²) in [6.07, 6.45) is 0. The molecule has 0 spiro atoms. The lowest BCUT2D eigenvalue weighted by atomic mass is 10.3. The molecule has 0 fully saturated rings. The molecule has 2 amide bonds. The van der Waals surface area contributed by atoms with E-state index in [1.54, 1.807) is 6.07 Å². The van der Waals surface area contributed by atoms with E-state index in [9.17, 15) is 9.59 Å². The molecule has 7 heteroatoms. The number of nitrogens with one attached hydrogen (secondary N) is 1. The van der Waals surface area contributed by atoms with Crippen LogP contribution >= 0.6 is 11.3 Å². The molecular formula is C10H16N4O2S. The number of carbonyl (C=O) groups excluding carboxylic acids is 2. The van der Waals surface area contributed by atoms with E-state index < -0.39 is 0 Å². The predicted molar refractivity (Wildman–Crippen MR) is 66.1 cm³/mol. The van der Waals surface area contributed by atoms with Crippen LogP contribution in [0, 0.1) is 0 Å². The topological polar surface area (TPSA) is 101 Å². The van der Waals surface area contributed by atoms with Gasteiger partial charge in [-0.3, -0.25) is 19.9 Å². The number of rotatable bonds is 6. The Morgan fingerprint density at radius 1 is 1.47 bits per heavy atom. The van der Waals surface area contributed by atoms with Gasteiger partial charge in [0.05, 0.1) is 11.4 Å². The van der Waals surface area contributed by atoms with Gasteiger partial charge in [0.25, 0.3) is 5.91 Å². The smallest absolute Gasteiger partial charge is 0.275 e. The van der Waals surface area contributed by atoms with Gasteiger partial charge in [0.1, 0.15) is 0 Å². The Kier molecular flexibility index (Phi) is 5.08. The van der Waals surface area contributed by atoms with Gasteiger partial charge in [-0.25, -0.2) is 5.84 Å². The molecule has 1 rings (SSSR count). The summed E-state index contributed by atoms with van der Waals surface area (Å²) >= 11 is 1.35. The first-order valence-corrected chi connectivity index (χ1v) is 5.98. The number of carbonyl (C=O) groups is 2. The van der Waals surface area contributed by atoms with E-state index in [1.165, 1.54) is 11.3 Å². The third-order valence-corrected chi connectivity index (χ3v) is 3.29. The minimum atomic E-state index is -0.358. The van der Waals surface area contributed by atoms with Crippen LogP contribution < -0.4 is 17.0 Å². The maximum absolute atomic E-state index is 11.2. The van der Waals surface area contributed by atoms with Gasteiger partial charge in [-0.15, -0.1) is 11.3 Å². The van der Waals surface area contributed by atoms with Crippen LogP contribution in [0.1, 0.15) is 21.5 Å². The van der Waals surface area contributed by atoms with Crippen LogP contribution in [-0.2, 0) is 11.3 Å². The van der Waals surface area contributed by atoms with Gasteiger partial charge in [0.15, 0.2) is 0 Å². The number of amides is 2. The number of hydrogen-bond donors (Lipinski definition) is 3. The molecule has 0 atom stereocenters. The monoisotopic (exact) mass is 256 g/mol. The summed E-state index contributed by atoms with van der Waals surface area (Å²) in [4.78, 5) is 25.5. The summed E-state index contributed by atoms with van der Waals surface area (Å²) < 4.78 is 0. The number of thiophene rings is 1. The highest BCUT2D eigenvalue weighted by Crippen LogP contribution is 2.17. The summed E-state index contributed by atoms with van der Waals surface area (Å²) in [5, 5.41) is 0. The third kappa shape index (κ3) is 4.14. The van der Waals surface area contributed by atoms with Crippen molar-refractivity contribution in [1.29, 1.82) is 0 Å². The van der Waals surface area contributed by atoms with Gasteiger partial charge in [0, 0.05) is 11.4 Å². The number of nitrogens with zero attached hydrogens (tertiary/aromatic N) is 1. The number of primary amides is 1. The zero-order valence-electron chi connectivity index (χ0n) is 9.60. The minimum absolute atomic E-state index is 0.215. The quantitative estimate of drug-likeness (QED) is 0.368. The lowest BCUT2D eigenvalue weighted by Gasteiger charge is -2.16. The fourth-order valence-corrected chi connectivity index (χ4v) is 2.33. The second kappa shape index (κ2) is 6.33. The van der Waals surface area contributed by atoms with Gasteiger partial charge in [-0.05, 0) is 18.7 Å². The van der Waals surface area contributed by atoms with Crippen molar-refractivity contribution in [2.24, 2.45) is 11.6 Å². The highest BCUT2D eigenvalue weighted by Gasteiger charge is 2.11. The molecule has 0 saturated heterocycles. The maximum Gasteiger partial charge on any atom is 0.275 e. The van der Waals surface area contributed by atoms with Crippen molar-refractivity contribution in [1.82, 2.24) is 10.3 Å². The lowest BCUT2D eigenvalue weighted by Crippen LogP contribution is -2.32. The molecule has 6 nitrogen and oxygen atoms in total. The van der Waals surface area contributed by atoms with Crippen LogP contribution in [0.15, 0.2) is 12.1 Å². The number of likely N-dealkylation sites (N-methyl/N-ethyl adjacent to an activating group) is 1. The van der Waals surface area contributed by atoms with E-state index >= 15 is 0 Å². The Labute approximate surface area is 104 Å². The van der Waals surface area contributed by atoms with E-state index in [4.69, 9.17) is 11.6 Å². The molecule has 1 aromatic rings. The maximum atomic E-state index is 11.2. The van der Waals surface area contributed by atoms with Crippen LogP contribution in [0.3, 0.4) is 0 Å². The summed E-state index contributed by atoms with van der Waals surface area (Å²) in [6, 6.07) is 3.55. The molecule has 5 N–H and O–H groups in total. The molecule has 0 saturated carbocycles. The first kappa shape index (κ1) is 13.6. The molecule has 0 aliphatic heterocycles. The normalized spacial score (nSPS) is 10.5. The van der Waals surface area contributed by atoms with E-state index in [1.807, 2.05) is 17.9 Å². The molecule has 1 aromatic heterocycles. The fourth-order valence-electron chi connectivity index (χ4n) is 1.38. The van der Waals surface area contributed by atoms with E-state index in [-0.39, 0.29) is 18.4 Å². The predicted octanol–water partition coefficient (Wildman–Crippen LogP) is -0.341. The molecule has 0 unspecified atom stereocenters. The Morgan fingerprint density at radius 3 is 2.71 bits per heavy atom. The average Bonchev–Trinajstić information content (AvgIpc) is 2.75. The summed E-state index contributed by atoms with van der Waals surface area (Å²) in [6.45, 7) is 3.48. The van der Waals surface area contributed by atoms with Gasteiger partial charge in [0.2, 0.25) is 5.91 Å². The zero-order valence-corrected chi connectivity index (χ0v) is 10.4. The van der Waals surface area contributed by atoms with Crippen LogP contribution in [-0.4, -0.2) is 29.8 Å². The van der Waals surface area contributed by atoms with Gasteiger partial charge in [-0.1, -0.05) is 6.92 Å². The largest absolute Gasteiger partial charge is 0.369 e. The van der Waals surface area contributed by atoms with Crippen LogP contribution in [0.2, 0.25) is 0 Å². The van der Waals surface area contributed by atoms with Gasteiger partial charge in [-0.2, -0.15) is 0 Å². The Balaban J connectivity index is 2.64. The molecule has 1 heterocycles. The van der Waals surface area contributed by atoms with Gasteiger partial charge < -0.3 is 5.73 Å². The molecule has 0 bridgehead atoms. The minimum Gasteiger partial charge on any atom is -0.369 e. The van der Waals surface area contributed by atoms with Crippen molar-refractivity contribution in [2.75, 3.05) is 13.1 Å². The van der Waals surface area contributed by atoms with Crippen molar-refractivity contribution in [3.05, 3.63) is 21.9 Å². The summed E-state index contributed by atoms with van der Waals surface area (Å²) in [5.74, 6) is 4.38. The second-order valence-electron chi connectivity index (χ2n) is 3.51. The second-order valence-corrected chi connectivity index (χ2v) is 4.68. The number of hydrogen-bond acceptors (Lipinski definition) is 5. The highest BCUT2D eigenvalue weighted by atomic mass is 32.1. The molecule has 0 aliphatic rings. The third-order valence-electron chi connectivity index (χ3n) is 2.22. The Hall–Kier alpha value is -1.44. The molecule has 0 aromatic carbocycles. The zero-order chi connectivity index (χ0) is 12.8. The van der Waals surface area contributed by atoms with Crippen LogP contribution in [0.4, 0.5) is 0 Å². The SMILES string of the molecule is CCN(CC(N)=O)Cc1ccc(C(=O)NN)s1. The first-order valence-electron chi connectivity index (χ1n) is 5.17. The molecular weight excluding hydrogens is 240 g/mol. The van der Waals surface area contributed by atoms with Crippen molar-refractivity contribution >= 4 is 23.2 Å². The molecule has 0 aliphatic carbocycles. The average molecular weight is 256 g/mol. The Morgan fingerprint density at radius 2 is 2.18 bits per heavy atom. The molecule has 0 radical (unpaired) electrons. The van der Waals surface area contributed by atoms with E-state index in [0.29, 0.717) is 11.4 Å². The first-order chi connectivity index (χ1) is 8.06. The Bertz CT molecular complexity index is 405. The van der Waals surface area contributed by atoms with Crippen molar-refractivity contribution < 1.29 is 9.59 Å². The van der Waals surface area contributed by atoms with Crippen molar-refractivity contribution in [3.63, 3.8) is 0 Å².